The van der Waals surface area contributed by atoms with Crippen LogP contribution in [0, 0.1) is 21.7 Å². The summed E-state index contributed by atoms with van der Waals surface area (Å²) in [6.07, 6.45) is 1.82. The molecule has 0 aliphatic rings. The van der Waals surface area contributed by atoms with Crippen LogP contribution in [0.1, 0.15) is 18.1 Å². The lowest BCUT2D eigenvalue weighted by Crippen LogP contribution is -1.93. The molecule has 0 fully saturated rings. The van der Waals surface area contributed by atoms with Gasteiger partial charge in [-0.1, -0.05) is 6.92 Å². The van der Waals surface area contributed by atoms with Crippen molar-refractivity contribution in [2.45, 2.75) is 13.3 Å². The first-order valence-electron chi connectivity index (χ1n) is 4.34. The number of benzene rings is 1. The third-order valence-corrected chi connectivity index (χ3v) is 1.91. The molecular weight excluding hydrogens is 204 g/mol. The highest BCUT2D eigenvalue weighted by atomic mass is 19.1. The number of halogens is 2. The van der Waals surface area contributed by atoms with E-state index in [1.54, 1.807) is 6.92 Å². The molecule has 0 unspecified atom stereocenters. The fourth-order valence-electron chi connectivity index (χ4n) is 1.14. The van der Waals surface area contributed by atoms with Crippen molar-refractivity contribution >= 4 is 6.08 Å². The molecular formula is C10H9F2NO2. The maximum absolute atomic E-state index is 13.2. The molecule has 15 heavy (non-hydrogen) atoms. The smallest absolute Gasteiger partial charge is 0.235 e. The first kappa shape index (κ1) is 11.3. The molecule has 0 N–H and O–H groups in total. The topological polar surface area (TPSA) is 43.1 Å². The second kappa shape index (κ2) is 4.63. The molecule has 0 aliphatic heterocycles. The maximum Gasteiger partial charge on any atom is 0.235 e. The van der Waals surface area contributed by atoms with Crippen molar-refractivity contribution in [3.63, 3.8) is 0 Å². The van der Waals surface area contributed by atoms with E-state index in [-0.39, 0.29) is 5.56 Å². The van der Waals surface area contributed by atoms with E-state index in [2.05, 4.69) is 0 Å². The standard InChI is InChI=1S/C10H9F2NO2/c1-2-7-5-9(11)8(10(12)6-7)3-4-13(14)15/h3-6H,2H2,1H3. The summed E-state index contributed by atoms with van der Waals surface area (Å²) in [5.74, 6) is -1.57. The quantitative estimate of drug-likeness (QED) is 0.572. The number of rotatable bonds is 3. The second-order valence-electron chi connectivity index (χ2n) is 2.93. The Labute approximate surface area is 85.2 Å². The van der Waals surface area contributed by atoms with Crippen LogP contribution in [-0.2, 0) is 6.42 Å². The van der Waals surface area contributed by atoms with Crippen LogP contribution in [0.25, 0.3) is 6.08 Å². The number of hydrogen-bond acceptors (Lipinski definition) is 2. The molecule has 0 atom stereocenters. The molecule has 0 saturated heterocycles. The molecule has 0 heterocycles. The van der Waals surface area contributed by atoms with Gasteiger partial charge >= 0.3 is 0 Å². The summed E-state index contributed by atoms with van der Waals surface area (Å²) in [4.78, 5) is 9.22. The summed E-state index contributed by atoms with van der Waals surface area (Å²) in [6, 6.07) is 2.34. The van der Waals surface area contributed by atoms with E-state index >= 15 is 0 Å². The Balaban J connectivity index is 3.14. The summed E-state index contributed by atoms with van der Waals surface area (Å²) < 4.78 is 26.5. The third-order valence-electron chi connectivity index (χ3n) is 1.91. The number of nitrogens with zero attached hydrogens (tertiary/aromatic N) is 1. The van der Waals surface area contributed by atoms with E-state index in [0.29, 0.717) is 18.2 Å². The van der Waals surface area contributed by atoms with Crippen molar-refractivity contribution < 1.29 is 13.7 Å². The van der Waals surface area contributed by atoms with Gasteiger partial charge in [-0.3, -0.25) is 10.1 Å². The Morgan fingerprint density at radius 2 is 1.93 bits per heavy atom. The van der Waals surface area contributed by atoms with Crippen molar-refractivity contribution in [2.24, 2.45) is 0 Å². The number of hydrogen-bond donors (Lipinski definition) is 0. The van der Waals surface area contributed by atoms with Crippen LogP contribution in [0.4, 0.5) is 8.78 Å². The number of aryl methyl sites for hydroxylation is 1. The summed E-state index contributed by atoms with van der Waals surface area (Å²) in [5.41, 5.74) is 0.132. The molecule has 0 saturated carbocycles. The molecule has 1 rings (SSSR count). The van der Waals surface area contributed by atoms with Gasteiger partial charge in [0, 0.05) is 6.08 Å². The van der Waals surface area contributed by atoms with Gasteiger partial charge in [-0.15, -0.1) is 0 Å². The van der Waals surface area contributed by atoms with Gasteiger partial charge in [0.05, 0.1) is 10.5 Å². The van der Waals surface area contributed by atoms with Crippen LogP contribution in [0.2, 0.25) is 0 Å². The normalized spacial score (nSPS) is 10.9. The summed E-state index contributed by atoms with van der Waals surface area (Å²) >= 11 is 0. The van der Waals surface area contributed by atoms with Crippen molar-refractivity contribution in [1.82, 2.24) is 0 Å². The number of nitro groups is 1. The van der Waals surface area contributed by atoms with Gasteiger partial charge in [0.1, 0.15) is 11.6 Å². The average Bonchev–Trinajstić information content (AvgIpc) is 2.15. The van der Waals surface area contributed by atoms with Crippen molar-refractivity contribution in [2.75, 3.05) is 0 Å². The van der Waals surface area contributed by atoms with E-state index in [9.17, 15) is 18.9 Å². The van der Waals surface area contributed by atoms with Gasteiger partial charge < -0.3 is 0 Å². The minimum Gasteiger partial charge on any atom is -0.259 e. The lowest BCUT2D eigenvalue weighted by Gasteiger charge is -2.01. The molecule has 0 spiro atoms. The zero-order valence-corrected chi connectivity index (χ0v) is 8.04. The third kappa shape index (κ3) is 2.83. The lowest BCUT2D eigenvalue weighted by atomic mass is 10.1. The predicted octanol–water partition coefficient (Wildman–Crippen LogP) is 2.77. The molecule has 0 radical (unpaired) electrons. The Hall–Kier alpha value is -1.78. The largest absolute Gasteiger partial charge is 0.259 e. The van der Waals surface area contributed by atoms with E-state index in [1.807, 2.05) is 0 Å². The highest BCUT2D eigenvalue weighted by molar-refractivity contribution is 5.50. The van der Waals surface area contributed by atoms with Crippen molar-refractivity contribution in [3.8, 4) is 0 Å². The van der Waals surface area contributed by atoms with Gasteiger partial charge in [0.15, 0.2) is 0 Å². The van der Waals surface area contributed by atoms with Crippen LogP contribution in [0.5, 0.6) is 0 Å². The Morgan fingerprint density at radius 3 is 2.33 bits per heavy atom. The highest BCUT2D eigenvalue weighted by Gasteiger charge is 2.08. The second-order valence-corrected chi connectivity index (χ2v) is 2.93. The van der Waals surface area contributed by atoms with Crippen molar-refractivity contribution in [1.29, 1.82) is 0 Å². The first-order chi connectivity index (χ1) is 7.04. The molecule has 3 nitrogen and oxygen atoms in total. The van der Waals surface area contributed by atoms with Crippen LogP contribution in [0.3, 0.4) is 0 Å². The highest BCUT2D eigenvalue weighted by Crippen LogP contribution is 2.17. The molecule has 5 heteroatoms. The van der Waals surface area contributed by atoms with E-state index in [1.165, 1.54) is 12.1 Å². The van der Waals surface area contributed by atoms with Crippen LogP contribution in [0.15, 0.2) is 18.3 Å². The zero-order chi connectivity index (χ0) is 11.4. The molecule has 0 amide bonds. The van der Waals surface area contributed by atoms with Crippen LogP contribution < -0.4 is 0 Å². The van der Waals surface area contributed by atoms with Gasteiger partial charge in [0.25, 0.3) is 0 Å². The Kier molecular flexibility index (Phi) is 3.49. The molecule has 0 aliphatic carbocycles. The zero-order valence-electron chi connectivity index (χ0n) is 8.04. The summed E-state index contributed by atoms with van der Waals surface area (Å²) in [5, 5.41) is 9.99. The Bertz CT molecular complexity index is 393. The lowest BCUT2D eigenvalue weighted by molar-refractivity contribution is -0.401. The monoisotopic (exact) mass is 213 g/mol. The summed E-state index contributed by atoms with van der Waals surface area (Å²) in [7, 11) is 0. The van der Waals surface area contributed by atoms with Crippen LogP contribution >= 0.6 is 0 Å². The molecule has 1 aromatic rings. The fourth-order valence-corrected chi connectivity index (χ4v) is 1.14. The van der Waals surface area contributed by atoms with E-state index < -0.39 is 16.6 Å². The predicted molar refractivity (Wildman–Crippen MR) is 51.8 cm³/mol. The molecule has 1 aromatic carbocycles. The Morgan fingerprint density at radius 1 is 1.40 bits per heavy atom. The van der Waals surface area contributed by atoms with E-state index in [0.717, 1.165) is 6.08 Å². The maximum atomic E-state index is 13.2. The summed E-state index contributed by atoms with van der Waals surface area (Å²) in [6.45, 7) is 1.76. The first-order valence-corrected chi connectivity index (χ1v) is 4.34. The van der Waals surface area contributed by atoms with Gasteiger partial charge in [-0.05, 0) is 24.1 Å². The average molecular weight is 213 g/mol. The minimum absolute atomic E-state index is 0.385. The fraction of sp³-hybridized carbons (Fsp3) is 0.200. The van der Waals surface area contributed by atoms with E-state index in [4.69, 9.17) is 0 Å². The molecule has 0 aromatic heterocycles. The van der Waals surface area contributed by atoms with Crippen molar-refractivity contribution in [3.05, 3.63) is 51.2 Å². The van der Waals surface area contributed by atoms with Gasteiger partial charge in [-0.25, -0.2) is 8.78 Å². The molecule has 80 valence electrons. The van der Waals surface area contributed by atoms with Gasteiger partial charge in [0.2, 0.25) is 6.20 Å². The van der Waals surface area contributed by atoms with Gasteiger partial charge in [-0.2, -0.15) is 0 Å². The SMILES string of the molecule is CCc1cc(F)c(C=C[N+](=O)[O-])c(F)c1. The molecule has 0 bridgehead atoms. The minimum atomic E-state index is -0.787. The van der Waals surface area contributed by atoms with Crippen LogP contribution in [-0.4, -0.2) is 4.92 Å².